The van der Waals surface area contributed by atoms with Gasteiger partial charge in [-0.3, -0.25) is 0 Å². The lowest BCUT2D eigenvalue weighted by Crippen LogP contribution is -2.17. The maximum atomic E-state index is 12.3. The van der Waals surface area contributed by atoms with Crippen LogP contribution in [-0.4, -0.2) is 24.9 Å². The van der Waals surface area contributed by atoms with Crippen LogP contribution in [0.5, 0.6) is 5.75 Å². The predicted octanol–water partition coefficient (Wildman–Crippen LogP) is 4.51. The largest absolute Gasteiger partial charge is 0.573 e. The topological polar surface area (TPSA) is 61.8 Å². The fraction of sp³-hybridized carbons (Fsp3) is 0.263. The van der Waals surface area contributed by atoms with Crippen molar-refractivity contribution in [2.75, 3.05) is 6.61 Å². The quantitative estimate of drug-likeness (QED) is 0.660. The minimum atomic E-state index is -4.77. The van der Waals surface area contributed by atoms with E-state index < -0.39 is 18.3 Å². The van der Waals surface area contributed by atoms with E-state index in [1.807, 2.05) is 6.92 Å². The SMILES string of the molecule is CCCOC(=O)c1ccccc1C(=O)OCc1ccc(OC(F)(F)F)cc1. The van der Waals surface area contributed by atoms with Crippen LogP contribution in [0.4, 0.5) is 13.2 Å². The number of esters is 2. The third-order valence-electron chi connectivity index (χ3n) is 3.33. The monoisotopic (exact) mass is 382 g/mol. The summed E-state index contributed by atoms with van der Waals surface area (Å²) < 4.78 is 50.3. The molecule has 0 amide bonds. The molecule has 0 fully saturated rings. The second-order valence-corrected chi connectivity index (χ2v) is 5.45. The molecule has 0 N–H and O–H groups in total. The van der Waals surface area contributed by atoms with Gasteiger partial charge in [-0.25, -0.2) is 9.59 Å². The van der Waals surface area contributed by atoms with Gasteiger partial charge in [-0.1, -0.05) is 31.2 Å². The van der Waals surface area contributed by atoms with Crippen molar-refractivity contribution in [1.29, 1.82) is 0 Å². The van der Waals surface area contributed by atoms with Gasteiger partial charge in [0.2, 0.25) is 0 Å². The van der Waals surface area contributed by atoms with Crippen LogP contribution in [0.15, 0.2) is 48.5 Å². The summed E-state index contributed by atoms with van der Waals surface area (Å²) in [5.41, 5.74) is 0.601. The molecule has 0 heterocycles. The van der Waals surface area contributed by atoms with Crippen LogP contribution < -0.4 is 4.74 Å². The molecule has 0 radical (unpaired) electrons. The molecule has 2 rings (SSSR count). The minimum Gasteiger partial charge on any atom is -0.462 e. The lowest BCUT2D eigenvalue weighted by Gasteiger charge is -2.11. The Morgan fingerprint density at radius 3 is 1.96 bits per heavy atom. The molecule has 0 aromatic heterocycles. The van der Waals surface area contributed by atoms with Gasteiger partial charge < -0.3 is 14.2 Å². The fourth-order valence-corrected chi connectivity index (χ4v) is 2.13. The van der Waals surface area contributed by atoms with Gasteiger partial charge in [-0.15, -0.1) is 13.2 Å². The Hall–Kier alpha value is -3.03. The number of benzene rings is 2. The van der Waals surface area contributed by atoms with E-state index in [0.29, 0.717) is 12.0 Å². The molecule has 144 valence electrons. The fourth-order valence-electron chi connectivity index (χ4n) is 2.13. The van der Waals surface area contributed by atoms with Gasteiger partial charge in [-0.05, 0) is 36.2 Å². The van der Waals surface area contributed by atoms with Gasteiger partial charge in [0.1, 0.15) is 12.4 Å². The lowest BCUT2D eigenvalue weighted by molar-refractivity contribution is -0.274. The molecular weight excluding hydrogens is 365 g/mol. The maximum Gasteiger partial charge on any atom is 0.573 e. The summed E-state index contributed by atoms with van der Waals surface area (Å²) in [4.78, 5) is 24.3. The van der Waals surface area contributed by atoms with Gasteiger partial charge >= 0.3 is 18.3 Å². The summed E-state index contributed by atoms with van der Waals surface area (Å²) in [7, 11) is 0. The Labute approximate surface area is 153 Å². The molecular formula is C19H17F3O5. The van der Waals surface area contributed by atoms with Gasteiger partial charge in [0.15, 0.2) is 0 Å². The highest BCUT2D eigenvalue weighted by atomic mass is 19.4. The van der Waals surface area contributed by atoms with E-state index in [1.54, 1.807) is 12.1 Å². The van der Waals surface area contributed by atoms with Crippen molar-refractivity contribution in [3.63, 3.8) is 0 Å². The smallest absolute Gasteiger partial charge is 0.462 e. The van der Waals surface area contributed by atoms with Crippen LogP contribution in [0, 0.1) is 0 Å². The highest BCUT2D eigenvalue weighted by molar-refractivity contribution is 6.03. The van der Waals surface area contributed by atoms with Crippen molar-refractivity contribution >= 4 is 11.9 Å². The number of halogens is 3. The Balaban J connectivity index is 2.01. The summed E-state index contributed by atoms with van der Waals surface area (Å²) >= 11 is 0. The maximum absolute atomic E-state index is 12.3. The molecule has 0 aliphatic heterocycles. The van der Waals surface area contributed by atoms with E-state index in [0.717, 1.165) is 12.1 Å². The van der Waals surface area contributed by atoms with Crippen LogP contribution in [0.2, 0.25) is 0 Å². The Morgan fingerprint density at radius 1 is 0.889 bits per heavy atom. The van der Waals surface area contributed by atoms with Crippen molar-refractivity contribution in [2.24, 2.45) is 0 Å². The molecule has 2 aromatic rings. The number of alkyl halides is 3. The second-order valence-electron chi connectivity index (χ2n) is 5.45. The van der Waals surface area contributed by atoms with Crippen molar-refractivity contribution in [3.05, 3.63) is 65.2 Å². The van der Waals surface area contributed by atoms with Crippen molar-refractivity contribution in [3.8, 4) is 5.75 Å². The predicted molar refractivity (Wildman–Crippen MR) is 89.3 cm³/mol. The third-order valence-corrected chi connectivity index (χ3v) is 3.33. The number of ether oxygens (including phenoxy) is 3. The van der Waals surface area contributed by atoms with Gasteiger partial charge in [-0.2, -0.15) is 0 Å². The zero-order valence-electron chi connectivity index (χ0n) is 14.4. The molecule has 0 aliphatic rings. The van der Waals surface area contributed by atoms with Crippen molar-refractivity contribution in [2.45, 2.75) is 26.3 Å². The Bertz CT molecular complexity index is 785. The van der Waals surface area contributed by atoms with Crippen molar-refractivity contribution in [1.82, 2.24) is 0 Å². The Morgan fingerprint density at radius 2 is 1.44 bits per heavy atom. The first-order chi connectivity index (χ1) is 12.8. The molecule has 0 aliphatic carbocycles. The average Bonchev–Trinajstić information content (AvgIpc) is 2.64. The molecule has 2 aromatic carbocycles. The average molecular weight is 382 g/mol. The molecule has 27 heavy (non-hydrogen) atoms. The number of carbonyl (C=O) groups is 2. The Kier molecular flexibility index (Phi) is 6.81. The minimum absolute atomic E-state index is 0.0515. The molecule has 0 saturated heterocycles. The number of hydrogen-bond acceptors (Lipinski definition) is 5. The molecule has 0 saturated carbocycles. The van der Waals surface area contributed by atoms with E-state index in [9.17, 15) is 22.8 Å². The zero-order chi connectivity index (χ0) is 19.9. The van der Waals surface area contributed by atoms with E-state index >= 15 is 0 Å². The van der Waals surface area contributed by atoms with Crippen LogP contribution in [0.25, 0.3) is 0 Å². The van der Waals surface area contributed by atoms with E-state index in [-0.39, 0.29) is 30.1 Å². The van der Waals surface area contributed by atoms with Gasteiger partial charge in [0.05, 0.1) is 17.7 Å². The van der Waals surface area contributed by atoms with Crippen molar-refractivity contribution < 1.29 is 37.0 Å². The van der Waals surface area contributed by atoms with Crippen LogP contribution in [0.1, 0.15) is 39.6 Å². The van der Waals surface area contributed by atoms with Gasteiger partial charge in [0.25, 0.3) is 0 Å². The van der Waals surface area contributed by atoms with E-state index in [2.05, 4.69) is 4.74 Å². The summed E-state index contributed by atoms with van der Waals surface area (Å²) in [6.45, 7) is 1.90. The first-order valence-electron chi connectivity index (χ1n) is 8.08. The first kappa shape index (κ1) is 20.3. The number of carbonyl (C=O) groups excluding carboxylic acids is 2. The highest BCUT2D eigenvalue weighted by Gasteiger charge is 2.31. The number of rotatable bonds is 7. The summed E-state index contributed by atoms with van der Waals surface area (Å²) in [6.07, 6.45) is -4.13. The van der Waals surface area contributed by atoms with Crippen LogP contribution >= 0.6 is 0 Å². The van der Waals surface area contributed by atoms with Crippen LogP contribution in [-0.2, 0) is 16.1 Å². The molecule has 0 unspecified atom stereocenters. The zero-order valence-corrected chi connectivity index (χ0v) is 14.4. The van der Waals surface area contributed by atoms with Crippen LogP contribution in [0.3, 0.4) is 0 Å². The molecule has 5 nitrogen and oxygen atoms in total. The second kappa shape index (κ2) is 9.07. The molecule has 0 spiro atoms. The van der Waals surface area contributed by atoms with E-state index in [1.165, 1.54) is 24.3 Å². The first-order valence-corrected chi connectivity index (χ1v) is 8.08. The summed E-state index contributed by atoms with van der Waals surface area (Å²) in [6, 6.07) is 11.0. The standard InChI is InChI=1S/C19H17F3O5/c1-2-11-25-17(23)15-5-3-4-6-16(15)18(24)26-12-13-7-9-14(10-8-13)27-19(20,21)22/h3-10H,2,11-12H2,1H3. The molecule has 0 atom stereocenters. The summed E-state index contributed by atoms with van der Waals surface area (Å²) in [5.74, 6) is -1.74. The third kappa shape index (κ3) is 6.32. The molecule has 8 heteroatoms. The van der Waals surface area contributed by atoms with Gasteiger partial charge in [0, 0.05) is 0 Å². The summed E-state index contributed by atoms with van der Waals surface area (Å²) in [5, 5.41) is 0. The number of hydrogen-bond donors (Lipinski definition) is 0. The van der Waals surface area contributed by atoms with E-state index in [4.69, 9.17) is 9.47 Å². The highest BCUT2D eigenvalue weighted by Crippen LogP contribution is 2.23. The lowest BCUT2D eigenvalue weighted by atomic mass is 10.1. The normalized spacial score (nSPS) is 11.0. The molecule has 0 bridgehead atoms.